The third-order valence-electron chi connectivity index (χ3n) is 2.95. The molecule has 1 N–H and O–H groups in total. The molecular weight excluding hydrogens is 352 g/mol. The minimum Gasteiger partial charge on any atom is -0.351 e. The van der Waals surface area contributed by atoms with Crippen LogP contribution in [0.15, 0.2) is 16.6 Å². The minimum atomic E-state index is -0.882. The van der Waals surface area contributed by atoms with Crippen molar-refractivity contribution in [3.63, 3.8) is 0 Å². The summed E-state index contributed by atoms with van der Waals surface area (Å²) in [4.78, 5) is 11.9. The van der Waals surface area contributed by atoms with E-state index in [9.17, 15) is 13.6 Å². The number of rotatable bonds is 6. The van der Waals surface area contributed by atoms with Crippen molar-refractivity contribution in [2.75, 3.05) is 12.4 Å². The van der Waals surface area contributed by atoms with Gasteiger partial charge in [0.05, 0.1) is 0 Å². The second kappa shape index (κ2) is 7.36. The monoisotopic (exact) mass is 367 g/mol. The average Bonchev–Trinajstić information content (AvgIpc) is 2.33. The van der Waals surface area contributed by atoms with Gasteiger partial charge in [-0.25, -0.2) is 8.78 Å². The quantitative estimate of drug-likeness (QED) is 0.736. The van der Waals surface area contributed by atoms with Crippen molar-refractivity contribution in [1.82, 2.24) is 5.32 Å². The number of halogens is 4. The molecule has 1 aromatic rings. The van der Waals surface area contributed by atoms with Crippen LogP contribution in [0.1, 0.15) is 37.0 Å². The molecule has 1 aromatic carbocycles. The van der Waals surface area contributed by atoms with Gasteiger partial charge in [0.15, 0.2) is 0 Å². The fraction of sp³-hybridized carbons (Fsp3) is 0.500. The molecule has 0 fully saturated rings. The van der Waals surface area contributed by atoms with Crippen LogP contribution in [0.5, 0.6) is 0 Å². The van der Waals surface area contributed by atoms with Crippen molar-refractivity contribution < 1.29 is 13.6 Å². The third kappa shape index (κ3) is 5.02. The summed E-state index contributed by atoms with van der Waals surface area (Å²) in [6.45, 7) is 4.26. The van der Waals surface area contributed by atoms with Crippen LogP contribution in [0, 0.1) is 17.0 Å². The van der Waals surface area contributed by atoms with Gasteiger partial charge in [0.25, 0.3) is 5.91 Å². The summed E-state index contributed by atoms with van der Waals surface area (Å²) in [5.41, 5.74) is -0.728. The molecule has 0 unspecified atom stereocenters. The molecule has 112 valence electrons. The summed E-state index contributed by atoms with van der Waals surface area (Å²) >= 11 is 8.60. The van der Waals surface area contributed by atoms with Crippen molar-refractivity contribution in [1.29, 1.82) is 0 Å². The molecule has 6 heteroatoms. The standard InChI is InChI=1S/C14H17BrClF2NO/c1-14(2,4-3-5-16)8-19-13(20)12-10(17)6-9(15)7-11(12)18/h6-7H,3-5,8H2,1-2H3,(H,19,20). The maximum atomic E-state index is 13.6. The number of benzene rings is 1. The topological polar surface area (TPSA) is 29.1 Å². The highest BCUT2D eigenvalue weighted by Gasteiger charge is 2.22. The summed E-state index contributed by atoms with van der Waals surface area (Å²) in [5, 5.41) is 2.57. The van der Waals surface area contributed by atoms with E-state index >= 15 is 0 Å². The lowest BCUT2D eigenvalue weighted by molar-refractivity contribution is 0.0926. The zero-order chi connectivity index (χ0) is 15.3. The SMILES string of the molecule is CC(C)(CCCCl)CNC(=O)c1c(F)cc(Br)cc1F. The van der Waals surface area contributed by atoms with E-state index in [1.54, 1.807) is 0 Å². The Kier molecular flexibility index (Phi) is 6.40. The molecule has 0 radical (unpaired) electrons. The van der Waals surface area contributed by atoms with E-state index in [1.165, 1.54) is 0 Å². The fourth-order valence-corrected chi connectivity index (χ4v) is 2.34. The number of hydrogen-bond acceptors (Lipinski definition) is 1. The Morgan fingerprint density at radius 1 is 1.35 bits per heavy atom. The first kappa shape index (κ1) is 17.4. The summed E-state index contributed by atoms with van der Waals surface area (Å²) in [6.07, 6.45) is 1.65. The Hall–Kier alpha value is -0.680. The second-order valence-corrected chi connectivity index (χ2v) is 6.68. The molecule has 0 aliphatic carbocycles. The van der Waals surface area contributed by atoms with Crippen molar-refractivity contribution in [2.24, 2.45) is 5.41 Å². The predicted molar refractivity (Wildman–Crippen MR) is 80.1 cm³/mol. The number of hydrogen-bond donors (Lipinski definition) is 1. The van der Waals surface area contributed by atoms with E-state index < -0.39 is 23.1 Å². The number of nitrogens with one attached hydrogen (secondary N) is 1. The van der Waals surface area contributed by atoms with Gasteiger partial charge < -0.3 is 5.32 Å². The molecule has 0 bridgehead atoms. The van der Waals surface area contributed by atoms with Crippen molar-refractivity contribution in [2.45, 2.75) is 26.7 Å². The molecule has 0 atom stereocenters. The Labute approximate surface area is 131 Å². The Balaban J connectivity index is 2.73. The van der Waals surface area contributed by atoms with E-state index in [0.717, 1.165) is 25.0 Å². The van der Waals surface area contributed by atoms with E-state index in [1.807, 2.05) is 13.8 Å². The zero-order valence-electron chi connectivity index (χ0n) is 11.4. The Morgan fingerprint density at radius 2 is 1.90 bits per heavy atom. The van der Waals surface area contributed by atoms with Gasteiger partial charge in [0.2, 0.25) is 0 Å². The number of carbonyl (C=O) groups excluding carboxylic acids is 1. The van der Waals surface area contributed by atoms with Crippen LogP contribution in [0.4, 0.5) is 8.78 Å². The van der Waals surface area contributed by atoms with Gasteiger partial charge in [-0.2, -0.15) is 0 Å². The number of alkyl halides is 1. The van der Waals surface area contributed by atoms with Crippen LogP contribution >= 0.6 is 27.5 Å². The highest BCUT2D eigenvalue weighted by atomic mass is 79.9. The van der Waals surface area contributed by atoms with E-state index in [-0.39, 0.29) is 9.89 Å². The molecule has 0 aromatic heterocycles. The molecule has 0 saturated heterocycles. The van der Waals surface area contributed by atoms with Crippen LogP contribution in [-0.2, 0) is 0 Å². The Bertz CT molecular complexity index is 471. The third-order valence-corrected chi connectivity index (χ3v) is 3.67. The smallest absolute Gasteiger partial charge is 0.257 e. The lowest BCUT2D eigenvalue weighted by Crippen LogP contribution is -2.35. The minimum absolute atomic E-state index is 0.174. The maximum absolute atomic E-state index is 13.6. The first-order valence-electron chi connectivity index (χ1n) is 6.25. The van der Waals surface area contributed by atoms with Gasteiger partial charge in [-0.1, -0.05) is 29.8 Å². The average molecular weight is 369 g/mol. The van der Waals surface area contributed by atoms with Crippen LogP contribution in [0.2, 0.25) is 0 Å². The number of carbonyl (C=O) groups is 1. The lowest BCUT2D eigenvalue weighted by atomic mass is 9.88. The maximum Gasteiger partial charge on any atom is 0.257 e. The summed E-state index contributed by atoms with van der Waals surface area (Å²) < 4.78 is 27.5. The summed E-state index contributed by atoms with van der Waals surface area (Å²) in [7, 11) is 0. The molecule has 2 nitrogen and oxygen atoms in total. The van der Waals surface area contributed by atoms with Gasteiger partial charge in [-0.15, -0.1) is 11.6 Å². The molecule has 0 spiro atoms. The molecule has 0 aliphatic rings. The van der Waals surface area contributed by atoms with Gasteiger partial charge in [-0.05, 0) is 30.4 Å². The zero-order valence-corrected chi connectivity index (χ0v) is 13.7. The summed E-state index contributed by atoms with van der Waals surface area (Å²) in [6, 6.07) is 2.13. The first-order chi connectivity index (χ1) is 9.26. The van der Waals surface area contributed by atoms with Gasteiger partial charge in [0, 0.05) is 16.9 Å². The van der Waals surface area contributed by atoms with Gasteiger partial charge in [-0.3, -0.25) is 4.79 Å². The molecule has 0 aliphatic heterocycles. The normalized spacial score (nSPS) is 11.5. The van der Waals surface area contributed by atoms with Crippen molar-refractivity contribution in [3.05, 3.63) is 33.8 Å². The van der Waals surface area contributed by atoms with Crippen LogP contribution in [0.3, 0.4) is 0 Å². The van der Waals surface area contributed by atoms with Crippen LogP contribution in [-0.4, -0.2) is 18.3 Å². The molecule has 0 heterocycles. The van der Waals surface area contributed by atoms with Gasteiger partial charge in [0.1, 0.15) is 17.2 Å². The van der Waals surface area contributed by atoms with Crippen molar-refractivity contribution in [3.8, 4) is 0 Å². The molecule has 1 amide bonds. The second-order valence-electron chi connectivity index (χ2n) is 5.38. The molecule has 1 rings (SSSR count). The fourth-order valence-electron chi connectivity index (χ4n) is 1.80. The highest BCUT2D eigenvalue weighted by molar-refractivity contribution is 9.10. The largest absolute Gasteiger partial charge is 0.351 e. The van der Waals surface area contributed by atoms with E-state index in [0.29, 0.717) is 12.4 Å². The molecule has 20 heavy (non-hydrogen) atoms. The van der Waals surface area contributed by atoms with E-state index in [2.05, 4.69) is 21.2 Å². The Morgan fingerprint density at radius 3 is 2.40 bits per heavy atom. The van der Waals surface area contributed by atoms with E-state index in [4.69, 9.17) is 11.6 Å². The van der Waals surface area contributed by atoms with Gasteiger partial charge >= 0.3 is 0 Å². The van der Waals surface area contributed by atoms with Crippen LogP contribution < -0.4 is 5.32 Å². The first-order valence-corrected chi connectivity index (χ1v) is 7.58. The lowest BCUT2D eigenvalue weighted by Gasteiger charge is -2.24. The molecular formula is C14H17BrClF2NO. The molecule has 0 saturated carbocycles. The summed E-state index contributed by atoms with van der Waals surface area (Å²) in [5.74, 6) is -1.96. The highest BCUT2D eigenvalue weighted by Crippen LogP contribution is 2.23. The van der Waals surface area contributed by atoms with Crippen molar-refractivity contribution >= 4 is 33.4 Å². The van der Waals surface area contributed by atoms with Crippen LogP contribution in [0.25, 0.3) is 0 Å². The number of amides is 1. The predicted octanol–water partition coefficient (Wildman–Crippen LogP) is 4.50.